The topological polar surface area (TPSA) is 71.1 Å². The molecule has 0 spiro atoms. The highest BCUT2D eigenvalue weighted by Crippen LogP contribution is 2.25. The van der Waals surface area contributed by atoms with E-state index in [1.165, 1.54) is 12.5 Å². The minimum absolute atomic E-state index is 0.0449. The Balaban J connectivity index is 1.81. The van der Waals surface area contributed by atoms with E-state index in [4.69, 9.17) is 0 Å². The van der Waals surface area contributed by atoms with Crippen LogP contribution < -0.4 is 10.6 Å². The first-order chi connectivity index (χ1) is 13.5. The van der Waals surface area contributed by atoms with Crippen LogP contribution in [0, 0.1) is 6.92 Å². The van der Waals surface area contributed by atoms with Gasteiger partial charge in [-0.1, -0.05) is 37.3 Å². The number of hydrogen-bond acceptors (Lipinski definition) is 4. The molecule has 5 nitrogen and oxygen atoms in total. The van der Waals surface area contributed by atoms with Crippen LogP contribution in [0.1, 0.15) is 45.7 Å². The van der Waals surface area contributed by atoms with Crippen molar-refractivity contribution in [1.82, 2.24) is 4.98 Å². The molecule has 0 aliphatic heterocycles. The number of rotatable bonds is 6. The number of pyridine rings is 1. The van der Waals surface area contributed by atoms with Crippen molar-refractivity contribution in [3.63, 3.8) is 0 Å². The molecule has 0 bridgehead atoms. The SMILES string of the molecule is CCc1cccc(C)c1Nc1cc(C(=O)Nc2cccc(C(C)=O)c2)ccn1. The number of nitrogens with zero attached hydrogens (tertiary/aromatic N) is 1. The molecule has 0 atom stereocenters. The molecule has 1 amide bonds. The molecule has 0 aliphatic carbocycles. The van der Waals surface area contributed by atoms with E-state index in [0.717, 1.165) is 17.7 Å². The molecule has 142 valence electrons. The van der Waals surface area contributed by atoms with Gasteiger partial charge in [-0.05, 0) is 55.7 Å². The molecule has 0 unspecified atom stereocenters. The number of Topliss-reactive ketones (excluding diaryl/α,β-unsaturated/α-hetero) is 1. The van der Waals surface area contributed by atoms with Crippen molar-refractivity contribution in [1.29, 1.82) is 0 Å². The van der Waals surface area contributed by atoms with Gasteiger partial charge in [0.2, 0.25) is 0 Å². The van der Waals surface area contributed by atoms with E-state index < -0.39 is 0 Å². The molecule has 1 aromatic heterocycles. The van der Waals surface area contributed by atoms with E-state index in [-0.39, 0.29) is 11.7 Å². The number of carbonyl (C=O) groups is 2. The second kappa shape index (κ2) is 8.48. The van der Waals surface area contributed by atoms with Gasteiger partial charge in [-0.15, -0.1) is 0 Å². The van der Waals surface area contributed by atoms with Crippen molar-refractivity contribution in [3.05, 3.63) is 83.0 Å². The Morgan fingerprint density at radius 3 is 2.54 bits per heavy atom. The maximum absolute atomic E-state index is 12.6. The van der Waals surface area contributed by atoms with Crippen LogP contribution >= 0.6 is 0 Å². The summed E-state index contributed by atoms with van der Waals surface area (Å²) in [6.07, 6.45) is 2.50. The second-order valence-electron chi connectivity index (χ2n) is 6.61. The molecule has 2 N–H and O–H groups in total. The molecule has 0 saturated heterocycles. The van der Waals surface area contributed by atoms with E-state index in [1.54, 1.807) is 42.6 Å². The Kier molecular flexibility index (Phi) is 5.84. The average Bonchev–Trinajstić information content (AvgIpc) is 2.70. The van der Waals surface area contributed by atoms with Crippen LogP contribution in [-0.2, 0) is 6.42 Å². The standard InChI is InChI=1S/C23H23N3O2/c1-4-17-8-5-7-15(2)22(17)26-21-14-19(11-12-24-21)23(28)25-20-10-6-9-18(13-20)16(3)27/h5-14H,4H2,1-3H3,(H,24,26)(H,25,28). The number of carbonyl (C=O) groups excluding carboxylic acids is 2. The Bertz CT molecular complexity index is 1030. The summed E-state index contributed by atoms with van der Waals surface area (Å²) in [5.41, 5.74) is 4.95. The highest BCUT2D eigenvalue weighted by atomic mass is 16.1. The lowest BCUT2D eigenvalue weighted by Crippen LogP contribution is -2.13. The maximum atomic E-state index is 12.6. The molecule has 0 fully saturated rings. The summed E-state index contributed by atoms with van der Waals surface area (Å²) in [4.78, 5) is 28.5. The molecule has 3 aromatic rings. The van der Waals surface area contributed by atoms with Gasteiger partial charge in [-0.3, -0.25) is 9.59 Å². The van der Waals surface area contributed by atoms with E-state index in [2.05, 4.69) is 28.6 Å². The molecule has 2 aromatic carbocycles. The zero-order chi connectivity index (χ0) is 20.1. The first-order valence-electron chi connectivity index (χ1n) is 9.22. The zero-order valence-electron chi connectivity index (χ0n) is 16.2. The lowest BCUT2D eigenvalue weighted by molar-refractivity contribution is 0.101. The molecule has 28 heavy (non-hydrogen) atoms. The summed E-state index contributed by atoms with van der Waals surface area (Å²) in [5.74, 6) is 0.303. The molecular formula is C23H23N3O2. The fourth-order valence-corrected chi connectivity index (χ4v) is 2.99. The number of hydrogen-bond donors (Lipinski definition) is 2. The third-order valence-corrected chi connectivity index (χ3v) is 4.54. The average molecular weight is 373 g/mol. The fraction of sp³-hybridized carbons (Fsp3) is 0.174. The smallest absolute Gasteiger partial charge is 0.255 e. The van der Waals surface area contributed by atoms with Gasteiger partial charge in [0, 0.05) is 28.7 Å². The lowest BCUT2D eigenvalue weighted by atomic mass is 10.1. The minimum Gasteiger partial charge on any atom is -0.340 e. The van der Waals surface area contributed by atoms with Crippen molar-refractivity contribution < 1.29 is 9.59 Å². The van der Waals surface area contributed by atoms with Crippen LogP contribution in [0.3, 0.4) is 0 Å². The summed E-state index contributed by atoms with van der Waals surface area (Å²) in [6.45, 7) is 5.64. The van der Waals surface area contributed by atoms with E-state index in [1.807, 2.05) is 19.1 Å². The molecule has 3 rings (SSSR count). The van der Waals surface area contributed by atoms with Gasteiger partial charge in [-0.2, -0.15) is 0 Å². The van der Waals surface area contributed by atoms with Crippen LogP contribution in [0.15, 0.2) is 60.8 Å². The largest absolute Gasteiger partial charge is 0.340 e. The van der Waals surface area contributed by atoms with Crippen LogP contribution in [0.4, 0.5) is 17.2 Å². The third-order valence-electron chi connectivity index (χ3n) is 4.54. The van der Waals surface area contributed by atoms with Gasteiger partial charge in [0.25, 0.3) is 5.91 Å². The summed E-state index contributed by atoms with van der Waals surface area (Å²) in [6, 6.07) is 16.4. The normalized spacial score (nSPS) is 10.4. The third kappa shape index (κ3) is 4.43. The number of benzene rings is 2. The monoisotopic (exact) mass is 373 g/mol. The number of nitrogens with one attached hydrogen (secondary N) is 2. The van der Waals surface area contributed by atoms with Gasteiger partial charge in [0.15, 0.2) is 5.78 Å². The zero-order valence-corrected chi connectivity index (χ0v) is 16.2. The minimum atomic E-state index is -0.258. The predicted molar refractivity (Wildman–Crippen MR) is 112 cm³/mol. The van der Waals surface area contributed by atoms with E-state index in [9.17, 15) is 9.59 Å². The van der Waals surface area contributed by atoms with E-state index >= 15 is 0 Å². The van der Waals surface area contributed by atoms with Crippen molar-refractivity contribution >= 4 is 28.9 Å². The number of aromatic nitrogens is 1. The Labute approximate surface area is 164 Å². The van der Waals surface area contributed by atoms with Gasteiger partial charge in [0.1, 0.15) is 5.82 Å². The number of ketones is 1. The van der Waals surface area contributed by atoms with Gasteiger partial charge >= 0.3 is 0 Å². The summed E-state index contributed by atoms with van der Waals surface area (Å²) < 4.78 is 0. The fourth-order valence-electron chi connectivity index (χ4n) is 2.99. The highest BCUT2D eigenvalue weighted by molar-refractivity contribution is 6.05. The molecule has 0 saturated carbocycles. The summed E-state index contributed by atoms with van der Waals surface area (Å²) in [5, 5.41) is 6.17. The van der Waals surface area contributed by atoms with Gasteiger partial charge < -0.3 is 10.6 Å². The Morgan fingerprint density at radius 1 is 1.00 bits per heavy atom. The first kappa shape index (κ1) is 19.3. The molecule has 5 heteroatoms. The van der Waals surface area contributed by atoms with Crippen molar-refractivity contribution in [2.24, 2.45) is 0 Å². The number of anilines is 3. The van der Waals surface area contributed by atoms with Crippen LogP contribution in [0.25, 0.3) is 0 Å². The van der Waals surface area contributed by atoms with Crippen molar-refractivity contribution in [2.75, 3.05) is 10.6 Å². The molecular weight excluding hydrogens is 350 g/mol. The Morgan fingerprint density at radius 2 is 1.79 bits per heavy atom. The number of para-hydroxylation sites is 1. The molecule has 0 radical (unpaired) electrons. The Hall–Kier alpha value is -3.47. The maximum Gasteiger partial charge on any atom is 0.255 e. The van der Waals surface area contributed by atoms with Gasteiger partial charge in [0.05, 0.1) is 0 Å². The molecule has 0 aliphatic rings. The van der Waals surface area contributed by atoms with E-state index in [0.29, 0.717) is 22.6 Å². The van der Waals surface area contributed by atoms with Crippen LogP contribution in [0.2, 0.25) is 0 Å². The van der Waals surface area contributed by atoms with Gasteiger partial charge in [-0.25, -0.2) is 4.98 Å². The highest BCUT2D eigenvalue weighted by Gasteiger charge is 2.10. The summed E-state index contributed by atoms with van der Waals surface area (Å²) in [7, 11) is 0. The number of amides is 1. The first-order valence-corrected chi connectivity index (χ1v) is 9.22. The van der Waals surface area contributed by atoms with Crippen molar-refractivity contribution in [2.45, 2.75) is 27.2 Å². The van der Waals surface area contributed by atoms with Crippen molar-refractivity contribution in [3.8, 4) is 0 Å². The lowest BCUT2D eigenvalue weighted by Gasteiger charge is -2.14. The molecule has 1 heterocycles. The quantitative estimate of drug-likeness (QED) is 0.586. The predicted octanol–water partition coefficient (Wildman–Crippen LogP) is 5.15. The summed E-state index contributed by atoms with van der Waals surface area (Å²) >= 11 is 0. The second-order valence-corrected chi connectivity index (χ2v) is 6.61. The number of aryl methyl sites for hydroxylation is 2. The van der Waals surface area contributed by atoms with Crippen LogP contribution in [0.5, 0.6) is 0 Å². The van der Waals surface area contributed by atoms with Crippen LogP contribution in [-0.4, -0.2) is 16.7 Å².